The molecule has 2 N–H and O–H groups in total. The van der Waals surface area contributed by atoms with Gasteiger partial charge in [0.1, 0.15) is 0 Å². The molecule has 1 saturated carbocycles. The predicted octanol–water partition coefficient (Wildman–Crippen LogP) is 3.04. The van der Waals surface area contributed by atoms with Gasteiger partial charge in [-0.25, -0.2) is 8.42 Å². The standard InChI is InChI=1S/C12H17BrN2O2S3/c1-8-10(6-11(13)19-8)20(16,17)15(7-12(14)18)9-4-2-3-5-9/h6,9H,2-5,7H2,1H3,(H2,14,18). The number of nitrogens with two attached hydrogens (primary N) is 1. The third-order valence-electron chi connectivity index (χ3n) is 3.47. The second-order valence-electron chi connectivity index (χ2n) is 4.93. The highest BCUT2D eigenvalue weighted by atomic mass is 79.9. The Morgan fingerprint density at radius 1 is 1.55 bits per heavy atom. The van der Waals surface area contributed by atoms with Crippen molar-refractivity contribution >= 4 is 54.5 Å². The van der Waals surface area contributed by atoms with Gasteiger partial charge in [-0.15, -0.1) is 11.3 Å². The molecule has 1 aliphatic carbocycles. The maximum Gasteiger partial charge on any atom is 0.244 e. The van der Waals surface area contributed by atoms with Crippen molar-refractivity contribution in [3.8, 4) is 0 Å². The average molecular weight is 397 g/mol. The van der Waals surface area contributed by atoms with Crippen LogP contribution < -0.4 is 5.73 Å². The zero-order valence-electron chi connectivity index (χ0n) is 11.1. The van der Waals surface area contributed by atoms with Crippen molar-refractivity contribution in [1.29, 1.82) is 0 Å². The molecule has 1 aromatic heterocycles. The lowest BCUT2D eigenvalue weighted by Crippen LogP contribution is -2.43. The largest absolute Gasteiger partial charge is 0.392 e. The maximum atomic E-state index is 12.9. The number of thiocarbonyl (C=S) groups is 1. The summed E-state index contributed by atoms with van der Waals surface area (Å²) in [6, 6.07) is 1.68. The molecule has 0 amide bonds. The van der Waals surface area contributed by atoms with Crippen molar-refractivity contribution in [2.75, 3.05) is 6.54 Å². The van der Waals surface area contributed by atoms with E-state index in [1.54, 1.807) is 6.07 Å². The Hall–Kier alpha value is -0.0200. The van der Waals surface area contributed by atoms with Gasteiger partial charge in [-0.05, 0) is 41.8 Å². The van der Waals surface area contributed by atoms with E-state index < -0.39 is 10.0 Å². The van der Waals surface area contributed by atoms with Crippen LogP contribution in [0.3, 0.4) is 0 Å². The minimum absolute atomic E-state index is 0.0135. The highest BCUT2D eigenvalue weighted by molar-refractivity contribution is 9.11. The highest BCUT2D eigenvalue weighted by Gasteiger charge is 2.35. The van der Waals surface area contributed by atoms with Crippen molar-refractivity contribution < 1.29 is 8.42 Å². The molecular formula is C12H17BrN2O2S3. The minimum atomic E-state index is -3.54. The number of hydrogen-bond acceptors (Lipinski definition) is 4. The topological polar surface area (TPSA) is 63.4 Å². The van der Waals surface area contributed by atoms with Crippen molar-refractivity contribution in [3.63, 3.8) is 0 Å². The Labute approximate surface area is 137 Å². The van der Waals surface area contributed by atoms with Gasteiger partial charge in [0.25, 0.3) is 0 Å². The van der Waals surface area contributed by atoms with Crippen LogP contribution in [0, 0.1) is 6.92 Å². The molecule has 0 spiro atoms. The Morgan fingerprint density at radius 2 is 2.15 bits per heavy atom. The van der Waals surface area contributed by atoms with Gasteiger partial charge >= 0.3 is 0 Å². The second-order valence-corrected chi connectivity index (χ2v) is 9.94. The fourth-order valence-corrected chi connectivity index (χ4v) is 6.84. The molecule has 0 aromatic carbocycles. The summed E-state index contributed by atoms with van der Waals surface area (Å²) >= 11 is 9.69. The fraction of sp³-hybridized carbons (Fsp3) is 0.583. The lowest BCUT2D eigenvalue weighted by atomic mass is 10.2. The lowest BCUT2D eigenvalue weighted by molar-refractivity contribution is 0.355. The van der Waals surface area contributed by atoms with Crippen LogP contribution in [0.2, 0.25) is 0 Å². The first-order valence-corrected chi connectivity index (χ1v) is 9.84. The van der Waals surface area contributed by atoms with Gasteiger partial charge in [0.15, 0.2) is 0 Å². The fourth-order valence-electron chi connectivity index (χ4n) is 2.57. The molecule has 1 fully saturated rings. The van der Waals surface area contributed by atoms with E-state index in [2.05, 4.69) is 15.9 Å². The molecule has 0 unspecified atom stereocenters. The molecule has 112 valence electrons. The summed E-state index contributed by atoms with van der Waals surface area (Å²) in [5.74, 6) is 0. The summed E-state index contributed by atoms with van der Waals surface area (Å²) in [6.45, 7) is 1.94. The molecule has 8 heteroatoms. The Bertz CT molecular complexity index is 606. The van der Waals surface area contributed by atoms with E-state index in [-0.39, 0.29) is 17.6 Å². The summed E-state index contributed by atoms with van der Waals surface area (Å²) in [6.07, 6.45) is 3.87. The first-order chi connectivity index (χ1) is 9.32. The van der Waals surface area contributed by atoms with Gasteiger partial charge in [0, 0.05) is 10.9 Å². The third kappa shape index (κ3) is 3.41. The molecule has 0 atom stereocenters. The first-order valence-electron chi connectivity index (χ1n) is 6.38. The van der Waals surface area contributed by atoms with Crippen LogP contribution in [0.4, 0.5) is 0 Å². The van der Waals surface area contributed by atoms with Gasteiger partial charge in [-0.1, -0.05) is 25.1 Å². The molecule has 1 aliphatic rings. The van der Waals surface area contributed by atoms with Gasteiger partial charge < -0.3 is 5.73 Å². The summed E-state index contributed by atoms with van der Waals surface area (Å²) < 4.78 is 28.1. The van der Waals surface area contributed by atoms with Gasteiger partial charge in [-0.3, -0.25) is 0 Å². The van der Waals surface area contributed by atoms with E-state index in [9.17, 15) is 8.42 Å². The van der Waals surface area contributed by atoms with E-state index in [0.717, 1.165) is 34.3 Å². The molecule has 2 rings (SSSR count). The van der Waals surface area contributed by atoms with E-state index in [0.29, 0.717) is 4.90 Å². The Morgan fingerprint density at radius 3 is 2.60 bits per heavy atom. The van der Waals surface area contributed by atoms with E-state index >= 15 is 0 Å². The van der Waals surface area contributed by atoms with Crippen molar-refractivity contribution in [3.05, 3.63) is 14.7 Å². The summed E-state index contributed by atoms with van der Waals surface area (Å²) in [5.41, 5.74) is 5.60. The Kier molecular flexibility index (Phi) is 5.23. The maximum absolute atomic E-state index is 12.9. The van der Waals surface area contributed by atoms with Crippen molar-refractivity contribution in [2.45, 2.75) is 43.5 Å². The monoisotopic (exact) mass is 396 g/mol. The second kappa shape index (κ2) is 6.39. The van der Waals surface area contributed by atoms with Crippen LogP contribution in [-0.2, 0) is 10.0 Å². The molecule has 4 nitrogen and oxygen atoms in total. The first kappa shape index (κ1) is 16.4. The molecule has 1 aromatic rings. The summed E-state index contributed by atoms with van der Waals surface area (Å²) in [5, 5.41) is 0. The quantitative estimate of drug-likeness (QED) is 0.776. The molecular weight excluding hydrogens is 380 g/mol. The number of thiophene rings is 1. The number of hydrogen-bond donors (Lipinski definition) is 1. The van der Waals surface area contributed by atoms with Crippen LogP contribution >= 0.6 is 39.5 Å². The summed E-state index contributed by atoms with van der Waals surface area (Å²) in [4.78, 5) is 1.35. The SMILES string of the molecule is Cc1sc(Br)cc1S(=O)(=O)N(CC(N)=S)C1CCCC1. The van der Waals surface area contributed by atoms with E-state index in [1.165, 1.54) is 15.6 Å². The number of halogens is 1. The lowest BCUT2D eigenvalue weighted by Gasteiger charge is -2.27. The van der Waals surface area contributed by atoms with Gasteiger partial charge in [0.05, 0.1) is 20.2 Å². The average Bonchev–Trinajstić information content (AvgIpc) is 2.95. The number of sulfonamides is 1. The molecule has 1 heterocycles. The zero-order valence-corrected chi connectivity index (χ0v) is 15.2. The highest BCUT2D eigenvalue weighted by Crippen LogP contribution is 2.34. The molecule has 0 radical (unpaired) electrons. The number of aryl methyl sites for hydroxylation is 1. The van der Waals surface area contributed by atoms with Crippen LogP contribution in [-0.4, -0.2) is 30.3 Å². The van der Waals surface area contributed by atoms with Gasteiger partial charge in [-0.2, -0.15) is 4.31 Å². The van der Waals surface area contributed by atoms with Crippen LogP contribution in [0.5, 0.6) is 0 Å². The van der Waals surface area contributed by atoms with Crippen LogP contribution in [0.15, 0.2) is 14.7 Å². The van der Waals surface area contributed by atoms with E-state index in [4.69, 9.17) is 18.0 Å². The van der Waals surface area contributed by atoms with E-state index in [1.807, 2.05) is 6.92 Å². The number of nitrogens with zero attached hydrogens (tertiary/aromatic N) is 1. The number of rotatable bonds is 5. The predicted molar refractivity (Wildman–Crippen MR) is 89.7 cm³/mol. The van der Waals surface area contributed by atoms with Gasteiger partial charge in [0.2, 0.25) is 10.0 Å². The Balaban J connectivity index is 2.40. The van der Waals surface area contributed by atoms with Crippen molar-refractivity contribution in [2.24, 2.45) is 5.73 Å². The minimum Gasteiger partial charge on any atom is -0.392 e. The summed E-state index contributed by atoms with van der Waals surface area (Å²) in [7, 11) is -3.54. The van der Waals surface area contributed by atoms with Crippen LogP contribution in [0.25, 0.3) is 0 Å². The molecule has 0 aliphatic heterocycles. The molecule has 0 bridgehead atoms. The zero-order chi connectivity index (χ0) is 14.9. The van der Waals surface area contributed by atoms with Crippen LogP contribution in [0.1, 0.15) is 30.6 Å². The smallest absolute Gasteiger partial charge is 0.244 e. The molecule has 20 heavy (non-hydrogen) atoms. The molecule has 0 saturated heterocycles. The third-order valence-corrected chi connectivity index (χ3v) is 7.31. The normalized spacial score (nSPS) is 16.9. The van der Waals surface area contributed by atoms with Crippen molar-refractivity contribution in [1.82, 2.24) is 4.31 Å².